The minimum atomic E-state index is -5.17. The molecule has 1 fully saturated rings. The maximum atomic E-state index is 12.8. The number of benzene rings is 1. The number of anilines is 1. The summed E-state index contributed by atoms with van der Waals surface area (Å²) in [5, 5.41) is 3.19. The van der Waals surface area contributed by atoms with Crippen LogP contribution >= 0.6 is 0 Å². The van der Waals surface area contributed by atoms with Crippen LogP contribution in [0.4, 0.5) is 18.9 Å². The van der Waals surface area contributed by atoms with E-state index in [2.05, 4.69) is 31.9 Å². The molecule has 0 unspecified atom stereocenters. The summed E-state index contributed by atoms with van der Waals surface area (Å²) in [6, 6.07) is 4.77. The average molecular weight is 446 g/mol. The summed E-state index contributed by atoms with van der Waals surface area (Å²) in [6.07, 6.45) is -1.99. The van der Waals surface area contributed by atoms with Gasteiger partial charge >= 0.3 is 12.1 Å². The predicted molar refractivity (Wildman–Crippen MR) is 108 cm³/mol. The van der Waals surface area contributed by atoms with E-state index < -0.39 is 17.9 Å². The van der Waals surface area contributed by atoms with Gasteiger partial charge in [-0.3, -0.25) is 4.98 Å². The number of nitrogens with one attached hydrogen (secondary N) is 1. The number of carbonyl (C=O) groups excluding carboxylic acids is 1. The van der Waals surface area contributed by atoms with Crippen molar-refractivity contribution in [1.29, 1.82) is 0 Å². The largest absolute Gasteiger partial charge is 0.491 e. The molecule has 0 radical (unpaired) electrons. The van der Waals surface area contributed by atoms with Gasteiger partial charge in [-0.05, 0) is 18.1 Å². The standard InChI is InChI=1S/C21H17F3N4O4/c1-30-19-15(31-20(29)21(22,23)24)11-14(28-9-7-25-8-10-28)18-17(19)27-16(32-18)5-4-13-3-2-6-26-12-13/h2-3,6,11-12,25H,7-10H2,1H3. The van der Waals surface area contributed by atoms with Crippen LogP contribution in [-0.4, -0.2) is 55.4 Å². The number of halogens is 3. The van der Waals surface area contributed by atoms with Gasteiger partial charge < -0.3 is 24.1 Å². The van der Waals surface area contributed by atoms with Crippen molar-refractivity contribution < 1.29 is 31.9 Å². The topological polar surface area (TPSA) is 89.7 Å². The van der Waals surface area contributed by atoms with E-state index in [9.17, 15) is 18.0 Å². The van der Waals surface area contributed by atoms with Gasteiger partial charge in [0, 0.05) is 50.2 Å². The van der Waals surface area contributed by atoms with E-state index in [0.717, 1.165) is 0 Å². The molecule has 0 spiro atoms. The zero-order chi connectivity index (χ0) is 22.7. The van der Waals surface area contributed by atoms with E-state index in [-0.39, 0.29) is 22.7 Å². The molecule has 0 bridgehead atoms. The zero-order valence-corrected chi connectivity index (χ0v) is 16.8. The molecule has 1 N–H and O–H groups in total. The molecular formula is C21H17F3N4O4. The third-order valence-corrected chi connectivity index (χ3v) is 4.64. The minimum Gasteiger partial charge on any atom is -0.491 e. The Kier molecular flexibility index (Phi) is 5.87. The first kappa shape index (κ1) is 21.5. The second-order valence-electron chi connectivity index (χ2n) is 6.74. The highest BCUT2D eigenvalue weighted by Crippen LogP contribution is 2.42. The van der Waals surface area contributed by atoms with E-state index in [1.54, 1.807) is 24.5 Å². The Morgan fingerprint density at radius 2 is 2.06 bits per heavy atom. The Morgan fingerprint density at radius 3 is 2.72 bits per heavy atom. The molecule has 0 saturated carbocycles. The van der Waals surface area contributed by atoms with Gasteiger partial charge in [-0.25, -0.2) is 4.79 Å². The quantitative estimate of drug-likeness (QED) is 0.373. The summed E-state index contributed by atoms with van der Waals surface area (Å²) in [4.78, 5) is 21.6. The molecule has 0 atom stereocenters. The first-order chi connectivity index (χ1) is 15.4. The molecule has 11 heteroatoms. The summed E-state index contributed by atoms with van der Waals surface area (Å²) >= 11 is 0. The number of pyridine rings is 1. The van der Waals surface area contributed by atoms with Crippen LogP contribution in [0.3, 0.4) is 0 Å². The molecule has 0 amide bonds. The maximum Gasteiger partial charge on any atom is 0.491 e. The van der Waals surface area contributed by atoms with Crippen LogP contribution in [0.5, 0.6) is 11.5 Å². The molecule has 1 aliphatic heterocycles. The van der Waals surface area contributed by atoms with Crippen molar-refractivity contribution in [2.24, 2.45) is 0 Å². The zero-order valence-electron chi connectivity index (χ0n) is 16.8. The first-order valence-corrected chi connectivity index (χ1v) is 9.55. The molecule has 2 aromatic heterocycles. The van der Waals surface area contributed by atoms with E-state index >= 15 is 0 Å². The number of alkyl halides is 3. The number of esters is 1. The number of hydrogen-bond acceptors (Lipinski definition) is 8. The predicted octanol–water partition coefficient (Wildman–Crippen LogP) is 2.51. The molecule has 1 aromatic carbocycles. The number of piperazine rings is 1. The number of carbonyl (C=O) groups is 1. The number of ether oxygens (including phenoxy) is 2. The molecule has 4 rings (SSSR count). The molecule has 1 saturated heterocycles. The number of methoxy groups -OCH3 is 1. The number of rotatable bonds is 3. The number of nitrogens with zero attached hydrogens (tertiary/aromatic N) is 3. The number of aromatic nitrogens is 2. The van der Waals surface area contributed by atoms with Gasteiger partial charge in [-0.15, -0.1) is 0 Å². The second kappa shape index (κ2) is 8.76. The smallest absolute Gasteiger partial charge is 0.491 e. The van der Waals surface area contributed by atoms with E-state index in [4.69, 9.17) is 9.15 Å². The molecule has 0 aliphatic carbocycles. The lowest BCUT2D eigenvalue weighted by molar-refractivity contribution is -0.189. The third-order valence-electron chi connectivity index (χ3n) is 4.64. The summed E-state index contributed by atoms with van der Waals surface area (Å²) in [7, 11) is 1.24. The van der Waals surface area contributed by atoms with Crippen molar-refractivity contribution in [2.45, 2.75) is 6.18 Å². The lowest BCUT2D eigenvalue weighted by Crippen LogP contribution is -2.43. The highest BCUT2D eigenvalue weighted by Gasteiger charge is 2.42. The highest BCUT2D eigenvalue weighted by atomic mass is 19.4. The molecule has 166 valence electrons. The molecule has 1 aliphatic rings. The Morgan fingerprint density at radius 1 is 1.28 bits per heavy atom. The summed E-state index contributed by atoms with van der Waals surface area (Å²) in [5.74, 6) is 2.73. The van der Waals surface area contributed by atoms with Crippen LogP contribution in [-0.2, 0) is 4.79 Å². The molecule has 3 aromatic rings. The summed E-state index contributed by atoms with van der Waals surface area (Å²) in [5.41, 5.74) is 1.42. The Balaban J connectivity index is 1.83. The van der Waals surface area contributed by atoms with Gasteiger partial charge in [0.05, 0.1) is 12.8 Å². The van der Waals surface area contributed by atoms with Crippen molar-refractivity contribution in [3.63, 3.8) is 0 Å². The fraction of sp³-hybridized carbons (Fsp3) is 0.286. The monoisotopic (exact) mass is 446 g/mol. The third kappa shape index (κ3) is 4.45. The molecule has 8 nitrogen and oxygen atoms in total. The maximum absolute atomic E-state index is 12.8. The van der Waals surface area contributed by atoms with Crippen LogP contribution in [0, 0.1) is 11.8 Å². The average Bonchev–Trinajstić information content (AvgIpc) is 3.22. The Bertz CT molecular complexity index is 1190. The van der Waals surface area contributed by atoms with Gasteiger partial charge in [-0.1, -0.05) is 5.92 Å². The number of hydrogen-bond donors (Lipinski definition) is 1. The van der Waals surface area contributed by atoms with Gasteiger partial charge in [0.1, 0.15) is 0 Å². The van der Waals surface area contributed by atoms with Crippen LogP contribution in [0.15, 0.2) is 35.0 Å². The second-order valence-corrected chi connectivity index (χ2v) is 6.74. The molecule has 32 heavy (non-hydrogen) atoms. The van der Waals surface area contributed by atoms with Gasteiger partial charge in [0.25, 0.3) is 5.89 Å². The fourth-order valence-corrected chi connectivity index (χ4v) is 3.21. The highest BCUT2D eigenvalue weighted by molar-refractivity contribution is 5.95. The SMILES string of the molecule is COc1c(OC(=O)C(F)(F)F)cc(N2CCNCC2)c2oc(C#Cc3cccnc3)nc12. The lowest BCUT2D eigenvalue weighted by atomic mass is 10.2. The molecule has 3 heterocycles. The van der Waals surface area contributed by atoms with E-state index in [0.29, 0.717) is 37.4 Å². The summed E-state index contributed by atoms with van der Waals surface area (Å²) < 4.78 is 54.1. The van der Waals surface area contributed by atoms with Crippen molar-refractivity contribution in [3.8, 4) is 23.3 Å². The van der Waals surface area contributed by atoms with Gasteiger partial charge in [0.15, 0.2) is 22.6 Å². The fourth-order valence-electron chi connectivity index (χ4n) is 3.21. The van der Waals surface area contributed by atoms with Crippen molar-refractivity contribution >= 4 is 22.8 Å². The van der Waals surface area contributed by atoms with Crippen molar-refractivity contribution in [1.82, 2.24) is 15.3 Å². The van der Waals surface area contributed by atoms with Gasteiger partial charge in [-0.2, -0.15) is 18.2 Å². The Labute approximate surface area is 180 Å². The van der Waals surface area contributed by atoms with Crippen LogP contribution in [0.1, 0.15) is 11.5 Å². The minimum absolute atomic E-state index is 0.0258. The first-order valence-electron chi connectivity index (χ1n) is 9.55. The van der Waals surface area contributed by atoms with Crippen LogP contribution in [0.25, 0.3) is 11.1 Å². The normalized spacial score (nSPS) is 14.1. The number of oxazole rings is 1. The van der Waals surface area contributed by atoms with Crippen molar-refractivity contribution in [3.05, 3.63) is 42.0 Å². The van der Waals surface area contributed by atoms with Crippen LogP contribution in [0.2, 0.25) is 0 Å². The number of fused-ring (bicyclic) bond motifs is 1. The lowest BCUT2D eigenvalue weighted by Gasteiger charge is -2.29. The Hall–Kier alpha value is -3.78. The van der Waals surface area contributed by atoms with E-state index in [1.807, 2.05) is 4.90 Å². The molecular weight excluding hydrogens is 429 g/mol. The summed E-state index contributed by atoms with van der Waals surface area (Å²) in [6.45, 7) is 2.44. The van der Waals surface area contributed by atoms with E-state index in [1.165, 1.54) is 13.2 Å². The van der Waals surface area contributed by atoms with Gasteiger partial charge in [0.2, 0.25) is 0 Å². The van der Waals surface area contributed by atoms with Crippen LogP contribution < -0.4 is 19.7 Å². The van der Waals surface area contributed by atoms with Crippen molar-refractivity contribution in [2.75, 3.05) is 38.2 Å².